The molecule has 0 aliphatic carbocycles. The van der Waals surface area contributed by atoms with Crippen LogP contribution < -0.4 is 10.6 Å². The molecule has 2 nitrogen and oxygen atoms in total. The highest BCUT2D eigenvalue weighted by molar-refractivity contribution is 6.31. The predicted octanol–water partition coefficient (Wildman–Crippen LogP) is 2.47. The van der Waals surface area contributed by atoms with Crippen molar-refractivity contribution >= 4 is 11.6 Å². The van der Waals surface area contributed by atoms with Gasteiger partial charge in [0.05, 0.1) is 0 Å². The first-order valence-electron chi connectivity index (χ1n) is 5.99. The molecule has 0 unspecified atom stereocenters. The fraction of sp³-hybridized carbons (Fsp3) is 0.538. The SMILES string of the molecule is CCNCCCNCCc1ccccc1Cl. The van der Waals surface area contributed by atoms with Crippen LogP contribution >= 0.6 is 11.6 Å². The number of hydrogen-bond donors (Lipinski definition) is 2. The Balaban J connectivity index is 2.05. The summed E-state index contributed by atoms with van der Waals surface area (Å²) >= 11 is 6.07. The highest BCUT2D eigenvalue weighted by Gasteiger charge is 1.97. The van der Waals surface area contributed by atoms with Crippen LogP contribution in [-0.2, 0) is 6.42 Å². The summed E-state index contributed by atoms with van der Waals surface area (Å²) < 4.78 is 0. The van der Waals surface area contributed by atoms with Gasteiger partial charge in [0, 0.05) is 5.02 Å². The Morgan fingerprint density at radius 2 is 1.81 bits per heavy atom. The molecule has 0 heterocycles. The molecule has 0 saturated carbocycles. The van der Waals surface area contributed by atoms with Crippen molar-refractivity contribution in [1.82, 2.24) is 10.6 Å². The van der Waals surface area contributed by atoms with Crippen LogP contribution in [-0.4, -0.2) is 26.2 Å². The van der Waals surface area contributed by atoms with Gasteiger partial charge in [0.1, 0.15) is 0 Å². The van der Waals surface area contributed by atoms with Crippen LogP contribution in [0.3, 0.4) is 0 Å². The van der Waals surface area contributed by atoms with Crippen LogP contribution in [0.4, 0.5) is 0 Å². The van der Waals surface area contributed by atoms with Crippen molar-refractivity contribution in [3.05, 3.63) is 34.9 Å². The third kappa shape index (κ3) is 5.50. The number of nitrogens with one attached hydrogen (secondary N) is 2. The lowest BCUT2D eigenvalue weighted by atomic mass is 10.1. The van der Waals surface area contributed by atoms with Crippen LogP contribution in [0.2, 0.25) is 5.02 Å². The summed E-state index contributed by atoms with van der Waals surface area (Å²) in [6, 6.07) is 8.03. The molecule has 0 amide bonds. The van der Waals surface area contributed by atoms with Crippen molar-refractivity contribution < 1.29 is 0 Å². The van der Waals surface area contributed by atoms with E-state index in [9.17, 15) is 0 Å². The van der Waals surface area contributed by atoms with Gasteiger partial charge >= 0.3 is 0 Å². The van der Waals surface area contributed by atoms with Crippen molar-refractivity contribution in [2.75, 3.05) is 26.2 Å². The Labute approximate surface area is 103 Å². The summed E-state index contributed by atoms with van der Waals surface area (Å²) in [4.78, 5) is 0. The van der Waals surface area contributed by atoms with E-state index >= 15 is 0 Å². The molecule has 90 valence electrons. The molecule has 1 aromatic rings. The van der Waals surface area contributed by atoms with E-state index in [-0.39, 0.29) is 0 Å². The van der Waals surface area contributed by atoms with Gasteiger partial charge in [-0.15, -0.1) is 0 Å². The minimum Gasteiger partial charge on any atom is -0.317 e. The molecule has 0 aliphatic rings. The summed E-state index contributed by atoms with van der Waals surface area (Å²) in [6.07, 6.45) is 2.18. The minimum absolute atomic E-state index is 0.872. The Hall–Kier alpha value is -0.570. The summed E-state index contributed by atoms with van der Waals surface area (Å²) in [5, 5.41) is 7.60. The Morgan fingerprint density at radius 3 is 2.56 bits per heavy atom. The van der Waals surface area contributed by atoms with Crippen LogP contribution in [0.25, 0.3) is 0 Å². The van der Waals surface area contributed by atoms with E-state index < -0.39 is 0 Å². The molecular weight excluding hydrogens is 220 g/mol. The normalized spacial score (nSPS) is 10.6. The van der Waals surface area contributed by atoms with Crippen molar-refractivity contribution in [2.45, 2.75) is 19.8 Å². The van der Waals surface area contributed by atoms with Gasteiger partial charge in [-0.3, -0.25) is 0 Å². The van der Waals surface area contributed by atoms with Gasteiger partial charge < -0.3 is 10.6 Å². The minimum atomic E-state index is 0.872. The molecular formula is C13H21ClN2. The number of halogens is 1. The number of hydrogen-bond acceptors (Lipinski definition) is 2. The Kier molecular flexibility index (Phi) is 7.23. The zero-order valence-corrected chi connectivity index (χ0v) is 10.7. The smallest absolute Gasteiger partial charge is 0.0438 e. The highest BCUT2D eigenvalue weighted by atomic mass is 35.5. The lowest BCUT2D eigenvalue weighted by Gasteiger charge is -2.06. The van der Waals surface area contributed by atoms with E-state index in [0.717, 1.165) is 37.6 Å². The van der Waals surface area contributed by atoms with Crippen LogP contribution in [0.5, 0.6) is 0 Å². The van der Waals surface area contributed by atoms with Crippen LogP contribution in [0.15, 0.2) is 24.3 Å². The second-order valence-electron chi connectivity index (χ2n) is 3.80. The topological polar surface area (TPSA) is 24.1 Å². The van der Waals surface area contributed by atoms with E-state index in [1.54, 1.807) is 0 Å². The van der Waals surface area contributed by atoms with Gasteiger partial charge in [0.25, 0.3) is 0 Å². The maximum Gasteiger partial charge on any atom is 0.0438 e. The molecule has 0 radical (unpaired) electrons. The Morgan fingerprint density at radius 1 is 1.06 bits per heavy atom. The standard InChI is InChI=1S/C13H21ClN2/c1-2-15-9-5-10-16-11-8-12-6-3-4-7-13(12)14/h3-4,6-7,15-16H,2,5,8-11H2,1H3. The molecule has 0 atom stereocenters. The average Bonchev–Trinajstić information content (AvgIpc) is 2.30. The first-order chi connectivity index (χ1) is 7.84. The molecule has 16 heavy (non-hydrogen) atoms. The second-order valence-corrected chi connectivity index (χ2v) is 4.21. The van der Waals surface area contributed by atoms with Crippen molar-refractivity contribution in [3.8, 4) is 0 Å². The first kappa shape index (κ1) is 13.5. The predicted molar refractivity (Wildman–Crippen MR) is 71.2 cm³/mol. The summed E-state index contributed by atoms with van der Waals surface area (Å²) in [7, 11) is 0. The molecule has 0 spiro atoms. The number of benzene rings is 1. The molecule has 0 saturated heterocycles. The quantitative estimate of drug-likeness (QED) is 0.683. The lowest BCUT2D eigenvalue weighted by Crippen LogP contribution is -2.23. The van der Waals surface area contributed by atoms with Gasteiger partial charge in [-0.1, -0.05) is 36.7 Å². The molecule has 0 bridgehead atoms. The van der Waals surface area contributed by atoms with E-state index in [2.05, 4.69) is 23.6 Å². The van der Waals surface area contributed by atoms with E-state index in [1.165, 1.54) is 12.0 Å². The second kappa shape index (κ2) is 8.57. The maximum atomic E-state index is 6.07. The summed E-state index contributed by atoms with van der Waals surface area (Å²) in [6.45, 7) is 6.34. The van der Waals surface area contributed by atoms with E-state index in [0.29, 0.717) is 0 Å². The van der Waals surface area contributed by atoms with Gasteiger partial charge in [0.15, 0.2) is 0 Å². The zero-order chi connectivity index (χ0) is 11.6. The van der Waals surface area contributed by atoms with E-state index in [4.69, 9.17) is 11.6 Å². The molecule has 0 aliphatic heterocycles. The van der Waals surface area contributed by atoms with Gasteiger partial charge in [-0.25, -0.2) is 0 Å². The van der Waals surface area contributed by atoms with Gasteiger partial charge in [-0.2, -0.15) is 0 Å². The third-order valence-electron chi connectivity index (χ3n) is 2.49. The third-order valence-corrected chi connectivity index (χ3v) is 2.85. The fourth-order valence-corrected chi connectivity index (χ4v) is 1.79. The summed E-state index contributed by atoms with van der Waals surface area (Å²) in [5.74, 6) is 0. The van der Waals surface area contributed by atoms with Crippen molar-refractivity contribution in [2.24, 2.45) is 0 Å². The monoisotopic (exact) mass is 240 g/mol. The lowest BCUT2D eigenvalue weighted by molar-refractivity contribution is 0.606. The van der Waals surface area contributed by atoms with Crippen molar-refractivity contribution in [1.29, 1.82) is 0 Å². The average molecular weight is 241 g/mol. The molecule has 0 aromatic heterocycles. The molecule has 3 heteroatoms. The van der Waals surface area contributed by atoms with Crippen LogP contribution in [0, 0.1) is 0 Å². The molecule has 0 fully saturated rings. The van der Waals surface area contributed by atoms with Gasteiger partial charge in [0.2, 0.25) is 0 Å². The number of rotatable bonds is 8. The molecule has 1 aromatic carbocycles. The highest BCUT2D eigenvalue weighted by Crippen LogP contribution is 2.14. The largest absolute Gasteiger partial charge is 0.317 e. The zero-order valence-electron chi connectivity index (χ0n) is 9.93. The maximum absolute atomic E-state index is 6.07. The van der Waals surface area contributed by atoms with E-state index in [1.807, 2.05) is 18.2 Å². The van der Waals surface area contributed by atoms with Crippen molar-refractivity contribution in [3.63, 3.8) is 0 Å². The van der Waals surface area contributed by atoms with Gasteiger partial charge in [-0.05, 0) is 50.7 Å². The first-order valence-corrected chi connectivity index (χ1v) is 6.37. The van der Waals surface area contributed by atoms with Crippen LogP contribution in [0.1, 0.15) is 18.9 Å². The summed E-state index contributed by atoms with van der Waals surface area (Å²) in [5.41, 5.74) is 1.23. The molecule has 2 N–H and O–H groups in total. The Bertz CT molecular complexity index is 289. The fourth-order valence-electron chi connectivity index (χ4n) is 1.56. The molecule has 1 rings (SSSR count).